The van der Waals surface area contributed by atoms with E-state index in [9.17, 15) is 9.18 Å². The van der Waals surface area contributed by atoms with Gasteiger partial charge in [-0.15, -0.1) is 15.7 Å². The molecule has 4 aliphatic heterocycles. The Morgan fingerprint density at radius 3 is 2.81 bits per heavy atom. The van der Waals surface area contributed by atoms with Crippen molar-refractivity contribution < 1.29 is 18.7 Å². The number of rotatable bonds is 8. The van der Waals surface area contributed by atoms with E-state index in [0.717, 1.165) is 84.8 Å². The highest BCUT2D eigenvalue weighted by Gasteiger charge is 2.51. The summed E-state index contributed by atoms with van der Waals surface area (Å²) in [5.74, 6) is 2.91. The second kappa shape index (κ2) is 11.8. The van der Waals surface area contributed by atoms with Gasteiger partial charge in [-0.3, -0.25) is 14.7 Å². The van der Waals surface area contributed by atoms with Gasteiger partial charge in [-0.1, -0.05) is 42.3 Å². The third-order valence-electron chi connectivity index (χ3n) is 10.4. The lowest BCUT2D eigenvalue weighted by Gasteiger charge is -2.35. The summed E-state index contributed by atoms with van der Waals surface area (Å²) in [4.78, 5) is 30.6. The number of nitrogens with one attached hydrogen (secondary N) is 1. The van der Waals surface area contributed by atoms with Crippen molar-refractivity contribution in [1.29, 1.82) is 0 Å². The molecule has 8 rings (SSSR count). The van der Waals surface area contributed by atoms with Crippen LogP contribution in [0.5, 0.6) is 6.01 Å². The molecule has 5 unspecified atom stereocenters. The van der Waals surface area contributed by atoms with Crippen LogP contribution < -0.4 is 20.3 Å². The molecule has 11 heteroatoms. The SMILES string of the molecule is C#Cc1c(F)ccc2cccc(-c3ncc4c(N5CC6CCC(C5)N6)nc(OCC56CCC(COC=O)N5CC(=C)C6)nc4c3P)c12. The van der Waals surface area contributed by atoms with Crippen molar-refractivity contribution in [3.05, 3.63) is 60.1 Å². The van der Waals surface area contributed by atoms with Gasteiger partial charge in [-0.2, -0.15) is 9.97 Å². The Morgan fingerprint density at radius 2 is 2.02 bits per heavy atom. The summed E-state index contributed by atoms with van der Waals surface area (Å²) in [6.45, 7) is 7.95. The molecule has 0 amide bonds. The number of piperazine rings is 1. The van der Waals surface area contributed by atoms with Crippen LogP contribution in [0.25, 0.3) is 32.9 Å². The largest absolute Gasteiger partial charge is 0.466 e. The molecule has 2 aromatic heterocycles. The van der Waals surface area contributed by atoms with Crippen molar-refractivity contribution in [2.24, 2.45) is 0 Å². The Labute approximate surface area is 275 Å². The highest BCUT2D eigenvalue weighted by atomic mass is 31.0. The normalized spacial score (nSPS) is 25.3. The average molecular weight is 651 g/mol. The minimum atomic E-state index is -0.443. The van der Waals surface area contributed by atoms with Crippen LogP contribution in [-0.4, -0.2) is 82.8 Å². The molecular weight excluding hydrogens is 614 g/mol. The summed E-state index contributed by atoms with van der Waals surface area (Å²) in [5.41, 5.74) is 3.18. The number of hydrogen-bond donors (Lipinski definition) is 1. The second-order valence-corrected chi connectivity index (χ2v) is 13.9. The minimum Gasteiger partial charge on any atom is -0.466 e. The number of terminal acetylenes is 1. The molecule has 2 aromatic carbocycles. The molecule has 4 saturated heterocycles. The molecule has 0 spiro atoms. The number of ether oxygens (including phenoxy) is 2. The molecular formula is C36H36FN6O3P. The van der Waals surface area contributed by atoms with Crippen molar-refractivity contribution in [3.63, 3.8) is 0 Å². The Balaban J connectivity index is 1.22. The molecule has 2 bridgehead atoms. The van der Waals surface area contributed by atoms with Crippen LogP contribution in [0.2, 0.25) is 0 Å². The zero-order valence-corrected chi connectivity index (χ0v) is 27.2. The molecule has 9 nitrogen and oxygen atoms in total. The number of benzene rings is 2. The van der Waals surface area contributed by atoms with Gasteiger partial charge >= 0.3 is 6.01 Å². The second-order valence-electron chi connectivity index (χ2n) is 13.3. The number of anilines is 1. The highest BCUT2D eigenvalue weighted by Crippen LogP contribution is 2.44. The third-order valence-corrected chi connectivity index (χ3v) is 11.0. The number of carbonyl (C=O) groups is 1. The van der Waals surface area contributed by atoms with Gasteiger partial charge in [0.25, 0.3) is 6.47 Å². The Kier molecular flexibility index (Phi) is 7.59. The van der Waals surface area contributed by atoms with Gasteiger partial charge in [0.2, 0.25) is 0 Å². The van der Waals surface area contributed by atoms with Gasteiger partial charge in [0, 0.05) is 60.2 Å². The summed E-state index contributed by atoms with van der Waals surface area (Å²) in [7, 11) is 2.82. The maximum atomic E-state index is 14.9. The fraction of sp³-hybridized carbons (Fsp3) is 0.389. The summed E-state index contributed by atoms with van der Waals surface area (Å²) < 4.78 is 26.6. The first-order chi connectivity index (χ1) is 22.9. The van der Waals surface area contributed by atoms with Crippen LogP contribution in [0.3, 0.4) is 0 Å². The molecule has 4 fully saturated rings. The Hall–Kier alpha value is -4.16. The predicted molar refractivity (Wildman–Crippen MR) is 183 cm³/mol. The van der Waals surface area contributed by atoms with Gasteiger partial charge in [0.15, 0.2) is 0 Å². The zero-order chi connectivity index (χ0) is 32.3. The van der Waals surface area contributed by atoms with Crippen molar-refractivity contribution in [2.75, 3.05) is 37.7 Å². The average Bonchev–Trinajstić information content (AvgIpc) is 3.71. The van der Waals surface area contributed by atoms with Crippen molar-refractivity contribution in [3.8, 4) is 29.6 Å². The number of halogens is 1. The van der Waals surface area contributed by atoms with Gasteiger partial charge in [0.1, 0.15) is 24.8 Å². The van der Waals surface area contributed by atoms with Crippen LogP contribution in [0.1, 0.15) is 37.7 Å². The van der Waals surface area contributed by atoms with Gasteiger partial charge < -0.3 is 19.7 Å². The number of carbonyl (C=O) groups excluding carboxylic acids is 1. The monoisotopic (exact) mass is 650 g/mol. The standard InChI is InChI=1S/C36H36FN6O3P/c1-3-26-29(37)10-7-22-5-4-6-27(30(22)26)31-33(47)32-28(14-38-31)34(42-16-23-8-9-24(17-42)39-23)41-35(40-32)46-19-36-12-11-25(18-45-20-44)43(36)15-21(2)13-36/h1,4-7,10,14,20,23-25,39H,2,8-9,11-13,15-19,47H2. The van der Waals surface area contributed by atoms with E-state index in [1.807, 2.05) is 24.4 Å². The lowest BCUT2D eigenvalue weighted by Crippen LogP contribution is -2.51. The molecule has 4 aliphatic rings. The van der Waals surface area contributed by atoms with E-state index in [1.54, 1.807) is 6.07 Å². The topological polar surface area (TPSA) is 92.7 Å². The van der Waals surface area contributed by atoms with Crippen molar-refractivity contribution in [1.82, 2.24) is 25.2 Å². The third kappa shape index (κ3) is 5.12. The summed E-state index contributed by atoms with van der Waals surface area (Å²) >= 11 is 0. The summed E-state index contributed by atoms with van der Waals surface area (Å²) in [6, 6.07) is 10.1. The molecule has 4 aromatic rings. The van der Waals surface area contributed by atoms with Crippen molar-refractivity contribution in [2.45, 2.75) is 55.8 Å². The van der Waals surface area contributed by atoms with E-state index in [2.05, 4.69) is 36.9 Å². The molecule has 0 aliphatic carbocycles. The Bertz CT molecular complexity index is 1970. The van der Waals surface area contributed by atoms with E-state index in [4.69, 9.17) is 30.8 Å². The van der Waals surface area contributed by atoms with Crippen molar-refractivity contribution >= 4 is 48.5 Å². The van der Waals surface area contributed by atoms with Gasteiger partial charge in [0.05, 0.1) is 27.7 Å². The molecule has 0 saturated carbocycles. The first-order valence-corrected chi connectivity index (χ1v) is 16.7. The fourth-order valence-corrected chi connectivity index (χ4v) is 8.80. The molecule has 6 heterocycles. The number of aromatic nitrogens is 3. The van der Waals surface area contributed by atoms with Gasteiger partial charge in [-0.05, 0) is 43.6 Å². The van der Waals surface area contributed by atoms with Crippen LogP contribution in [-0.2, 0) is 9.53 Å². The highest BCUT2D eigenvalue weighted by molar-refractivity contribution is 7.28. The molecule has 47 heavy (non-hydrogen) atoms. The van der Waals surface area contributed by atoms with Crippen LogP contribution in [0, 0.1) is 18.2 Å². The molecule has 0 radical (unpaired) electrons. The van der Waals surface area contributed by atoms with Crippen LogP contribution in [0.15, 0.2) is 48.7 Å². The first kappa shape index (κ1) is 30.2. The van der Waals surface area contributed by atoms with Crippen LogP contribution >= 0.6 is 9.24 Å². The first-order valence-electron chi connectivity index (χ1n) is 16.1. The predicted octanol–water partition coefficient (Wildman–Crippen LogP) is 4.12. The van der Waals surface area contributed by atoms with E-state index in [1.165, 1.54) is 6.07 Å². The lowest BCUT2D eigenvalue weighted by atomic mass is 9.94. The minimum absolute atomic E-state index is 0.123. The van der Waals surface area contributed by atoms with E-state index >= 15 is 0 Å². The number of pyridine rings is 1. The smallest absolute Gasteiger partial charge is 0.319 e. The maximum absolute atomic E-state index is 14.9. The summed E-state index contributed by atoms with van der Waals surface area (Å²) in [6.07, 6.45) is 12.5. The van der Waals surface area contributed by atoms with E-state index in [0.29, 0.717) is 54.4 Å². The molecule has 240 valence electrons. The Morgan fingerprint density at radius 1 is 1.19 bits per heavy atom. The molecule has 1 N–H and O–H groups in total. The quantitative estimate of drug-likeness (QED) is 0.131. The maximum Gasteiger partial charge on any atom is 0.319 e. The lowest BCUT2D eigenvalue weighted by molar-refractivity contribution is -0.130. The van der Waals surface area contributed by atoms with Gasteiger partial charge in [-0.25, -0.2) is 4.39 Å². The number of nitrogens with zero attached hydrogens (tertiary/aromatic N) is 5. The zero-order valence-electron chi connectivity index (χ0n) is 26.0. The number of fused-ring (bicyclic) bond motifs is 5. The summed E-state index contributed by atoms with van der Waals surface area (Å²) in [5, 5.41) is 6.78. The van der Waals surface area contributed by atoms with Crippen LogP contribution in [0.4, 0.5) is 10.2 Å². The molecule has 5 atom stereocenters. The van der Waals surface area contributed by atoms with E-state index < -0.39 is 5.82 Å². The number of hydrogen-bond acceptors (Lipinski definition) is 9. The fourth-order valence-electron chi connectivity index (χ4n) is 8.35. The van der Waals surface area contributed by atoms with E-state index in [-0.39, 0.29) is 17.1 Å².